The Bertz CT molecular complexity index is 172. The maximum atomic E-state index is 11.2. The number of carbonyl (C=O) groups excluding carboxylic acids is 1. The molecule has 0 spiro atoms. The molecule has 12 heavy (non-hydrogen) atoms. The Kier molecular flexibility index (Phi) is 3.05. The van der Waals surface area contributed by atoms with Crippen LogP contribution in [0.3, 0.4) is 0 Å². The molecule has 1 saturated heterocycles. The monoisotopic (exact) mass is 172 g/mol. The van der Waals surface area contributed by atoms with E-state index in [1.165, 1.54) is 0 Å². The summed E-state index contributed by atoms with van der Waals surface area (Å²) in [4.78, 5) is 12.9. The van der Waals surface area contributed by atoms with Gasteiger partial charge in [0.1, 0.15) is 0 Å². The number of nitrogens with zero attached hydrogens (tertiary/aromatic N) is 1. The smallest absolute Gasteiger partial charge is 0.236 e. The number of carbonyl (C=O) groups is 1. The van der Waals surface area contributed by atoms with Gasteiger partial charge in [-0.05, 0) is 13.3 Å². The summed E-state index contributed by atoms with van der Waals surface area (Å²) in [5.74, 6) is -0.0163. The summed E-state index contributed by atoms with van der Waals surface area (Å²) in [5.41, 5.74) is 5.25. The topological polar surface area (TPSA) is 55.6 Å². The predicted octanol–water partition coefficient (Wildman–Crippen LogP) is -0.419. The third kappa shape index (κ3) is 1.76. The molecule has 0 aromatic carbocycles. The van der Waals surface area contributed by atoms with E-state index in [9.17, 15) is 4.79 Å². The highest BCUT2D eigenvalue weighted by molar-refractivity contribution is 5.78. The molecule has 4 nitrogen and oxygen atoms in total. The van der Waals surface area contributed by atoms with Gasteiger partial charge in [-0.2, -0.15) is 0 Å². The highest BCUT2D eigenvalue weighted by atomic mass is 16.5. The molecule has 1 aliphatic heterocycles. The molecule has 0 bridgehead atoms. The first kappa shape index (κ1) is 9.48. The van der Waals surface area contributed by atoms with Crippen molar-refractivity contribution in [2.75, 3.05) is 20.2 Å². The first-order valence-electron chi connectivity index (χ1n) is 4.24. The number of nitrogens with two attached hydrogens (primary N) is 1. The standard InChI is InChI=1S/C8H16N2O2/c1-6-7(3-4-12-6)10(2)8(11)5-9/h6-7H,3-5,9H2,1-2H3. The summed E-state index contributed by atoms with van der Waals surface area (Å²) in [6.45, 7) is 2.81. The molecular weight excluding hydrogens is 156 g/mol. The van der Waals surface area contributed by atoms with Gasteiger partial charge in [0.2, 0.25) is 5.91 Å². The van der Waals surface area contributed by atoms with Crippen LogP contribution in [-0.4, -0.2) is 43.2 Å². The molecule has 0 aliphatic carbocycles. The lowest BCUT2D eigenvalue weighted by atomic mass is 10.1. The zero-order chi connectivity index (χ0) is 9.14. The van der Waals surface area contributed by atoms with Crippen LogP contribution in [0.2, 0.25) is 0 Å². The van der Waals surface area contributed by atoms with Crippen LogP contribution in [0.4, 0.5) is 0 Å². The number of hydrogen-bond donors (Lipinski definition) is 1. The van der Waals surface area contributed by atoms with Gasteiger partial charge in [-0.3, -0.25) is 4.79 Å². The van der Waals surface area contributed by atoms with E-state index in [4.69, 9.17) is 10.5 Å². The number of likely N-dealkylation sites (N-methyl/N-ethyl adjacent to an activating group) is 1. The lowest BCUT2D eigenvalue weighted by Gasteiger charge is -2.26. The van der Waals surface area contributed by atoms with Crippen molar-refractivity contribution >= 4 is 5.91 Å². The summed E-state index contributed by atoms with van der Waals surface area (Å²) in [5, 5.41) is 0. The first-order valence-corrected chi connectivity index (χ1v) is 4.24. The molecule has 2 unspecified atom stereocenters. The summed E-state index contributed by atoms with van der Waals surface area (Å²) in [6.07, 6.45) is 1.06. The van der Waals surface area contributed by atoms with E-state index in [-0.39, 0.29) is 24.6 Å². The Balaban J connectivity index is 2.51. The molecule has 1 heterocycles. The highest BCUT2D eigenvalue weighted by Gasteiger charge is 2.29. The maximum absolute atomic E-state index is 11.2. The van der Waals surface area contributed by atoms with E-state index < -0.39 is 0 Å². The molecule has 1 aliphatic rings. The van der Waals surface area contributed by atoms with Crippen molar-refractivity contribution in [2.45, 2.75) is 25.5 Å². The van der Waals surface area contributed by atoms with Crippen LogP contribution in [0.1, 0.15) is 13.3 Å². The van der Waals surface area contributed by atoms with Crippen LogP contribution in [0, 0.1) is 0 Å². The zero-order valence-electron chi connectivity index (χ0n) is 7.62. The lowest BCUT2D eigenvalue weighted by molar-refractivity contribution is -0.131. The van der Waals surface area contributed by atoms with Gasteiger partial charge in [0, 0.05) is 13.7 Å². The fraction of sp³-hybridized carbons (Fsp3) is 0.875. The molecular formula is C8H16N2O2. The van der Waals surface area contributed by atoms with Gasteiger partial charge in [-0.25, -0.2) is 0 Å². The number of rotatable bonds is 2. The first-order chi connectivity index (χ1) is 5.66. The SMILES string of the molecule is CC1OCCC1N(C)C(=O)CN. The van der Waals surface area contributed by atoms with Crippen molar-refractivity contribution in [1.29, 1.82) is 0 Å². The third-order valence-corrected chi connectivity index (χ3v) is 2.40. The van der Waals surface area contributed by atoms with E-state index in [2.05, 4.69) is 0 Å². The summed E-state index contributed by atoms with van der Waals surface area (Å²) >= 11 is 0. The fourth-order valence-electron chi connectivity index (χ4n) is 1.56. The van der Waals surface area contributed by atoms with Crippen molar-refractivity contribution in [3.8, 4) is 0 Å². The maximum Gasteiger partial charge on any atom is 0.236 e. The van der Waals surface area contributed by atoms with Crippen LogP contribution in [0.15, 0.2) is 0 Å². The fourth-order valence-corrected chi connectivity index (χ4v) is 1.56. The lowest BCUT2D eigenvalue weighted by Crippen LogP contribution is -2.43. The van der Waals surface area contributed by atoms with Crippen LogP contribution >= 0.6 is 0 Å². The van der Waals surface area contributed by atoms with Crippen molar-refractivity contribution in [1.82, 2.24) is 4.90 Å². The van der Waals surface area contributed by atoms with Gasteiger partial charge in [-0.1, -0.05) is 0 Å². The Morgan fingerprint density at radius 1 is 1.75 bits per heavy atom. The van der Waals surface area contributed by atoms with E-state index in [1.807, 2.05) is 6.92 Å². The van der Waals surface area contributed by atoms with Gasteiger partial charge in [-0.15, -0.1) is 0 Å². The molecule has 0 aromatic heterocycles. The zero-order valence-corrected chi connectivity index (χ0v) is 7.62. The number of amides is 1. The summed E-state index contributed by atoms with van der Waals surface area (Å²) in [7, 11) is 1.78. The van der Waals surface area contributed by atoms with Gasteiger partial charge >= 0.3 is 0 Å². The quantitative estimate of drug-likeness (QED) is 0.615. The minimum Gasteiger partial charge on any atom is -0.376 e. The predicted molar refractivity (Wildman–Crippen MR) is 45.6 cm³/mol. The Hall–Kier alpha value is -0.610. The molecule has 0 radical (unpaired) electrons. The van der Waals surface area contributed by atoms with Crippen LogP contribution in [-0.2, 0) is 9.53 Å². The van der Waals surface area contributed by atoms with Gasteiger partial charge in [0.15, 0.2) is 0 Å². The average molecular weight is 172 g/mol. The minimum atomic E-state index is -0.0163. The molecule has 1 amide bonds. The van der Waals surface area contributed by atoms with Crippen molar-refractivity contribution in [3.05, 3.63) is 0 Å². The second-order valence-corrected chi connectivity index (χ2v) is 3.14. The largest absolute Gasteiger partial charge is 0.376 e. The molecule has 4 heteroatoms. The molecule has 2 N–H and O–H groups in total. The normalized spacial score (nSPS) is 28.9. The second-order valence-electron chi connectivity index (χ2n) is 3.14. The Labute approximate surface area is 72.7 Å². The summed E-state index contributed by atoms with van der Waals surface area (Å²) in [6, 6.07) is 0.209. The van der Waals surface area contributed by atoms with Crippen LogP contribution in [0.5, 0.6) is 0 Å². The van der Waals surface area contributed by atoms with Crippen molar-refractivity contribution in [3.63, 3.8) is 0 Å². The molecule has 1 rings (SSSR count). The van der Waals surface area contributed by atoms with E-state index in [1.54, 1.807) is 11.9 Å². The van der Waals surface area contributed by atoms with E-state index >= 15 is 0 Å². The summed E-state index contributed by atoms with van der Waals surface area (Å²) < 4.78 is 5.35. The number of ether oxygens (including phenoxy) is 1. The Morgan fingerprint density at radius 3 is 2.83 bits per heavy atom. The highest BCUT2D eigenvalue weighted by Crippen LogP contribution is 2.17. The van der Waals surface area contributed by atoms with E-state index in [0.29, 0.717) is 0 Å². The molecule has 1 fully saturated rings. The van der Waals surface area contributed by atoms with Crippen molar-refractivity contribution in [2.24, 2.45) is 5.73 Å². The van der Waals surface area contributed by atoms with Gasteiger partial charge in [0.05, 0.1) is 18.7 Å². The van der Waals surface area contributed by atoms with Crippen LogP contribution < -0.4 is 5.73 Å². The van der Waals surface area contributed by atoms with Crippen LogP contribution in [0.25, 0.3) is 0 Å². The average Bonchev–Trinajstić information content (AvgIpc) is 2.48. The molecule has 70 valence electrons. The molecule has 0 saturated carbocycles. The van der Waals surface area contributed by atoms with Crippen molar-refractivity contribution < 1.29 is 9.53 Å². The third-order valence-electron chi connectivity index (χ3n) is 2.40. The minimum absolute atomic E-state index is 0.0163. The number of hydrogen-bond acceptors (Lipinski definition) is 3. The second kappa shape index (κ2) is 3.87. The van der Waals surface area contributed by atoms with Gasteiger partial charge < -0.3 is 15.4 Å². The Morgan fingerprint density at radius 2 is 2.42 bits per heavy atom. The van der Waals surface area contributed by atoms with Gasteiger partial charge in [0.25, 0.3) is 0 Å². The van der Waals surface area contributed by atoms with E-state index in [0.717, 1.165) is 13.0 Å². The molecule has 2 atom stereocenters. The molecule has 0 aromatic rings.